The second kappa shape index (κ2) is 4.52. The van der Waals surface area contributed by atoms with Gasteiger partial charge in [-0.25, -0.2) is 0 Å². The molecule has 1 heterocycles. The smallest absolute Gasteiger partial charge is 0.140 e. The van der Waals surface area contributed by atoms with Gasteiger partial charge >= 0.3 is 0 Å². The van der Waals surface area contributed by atoms with Gasteiger partial charge in [0, 0.05) is 24.6 Å². The van der Waals surface area contributed by atoms with E-state index in [0.29, 0.717) is 5.78 Å². The van der Waals surface area contributed by atoms with Gasteiger partial charge in [0.25, 0.3) is 0 Å². The summed E-state index contributed by atoms with van der Waals surface area (Å²) >= 11 is 0. The maximum atomic E-state index is 12.2. The number of carbonyl (C=O) groups excluding carboxylic acids is 1. The van der Waals surface area contributed by atoms with Crippen molar-refractivity contribution in [3.05, 3.63) is 29.3 Å². The molecule has 2 heteroatoms. The molecule has 1 fully saturated rings. The second-order valence-corrected chi connectivity index (χ2v) is 5.18. The van der Waals surface area contributed by atoms with E-state index < -0.39 is 0 Å². The molecule has 0 amide bonds. The number of anilines is 1. The molecule has 0 unspecified atom stereocenters. The Kier molecular flexibility index (Phi) is 2.87. The van der Waals surface area contributed by atoms with E-state index in [9.17, 15) is 4.79 Å². The first-order valence-corrected chi connectivity index (χ1v) is 6.74. The summed E-state index contributed by atoms with van der Waals surface area (Å²) in [5.74, 6) is 0.600. The maximum Gasteiger partial charge on any atom is 0.140 e. The van der Waals surface area contributed by atoms with Crippen molar-refractivity contribution in [2.45, 2.75) is 44.4 Å². The third-order valence-corrected chi connectivity index (χ3v) is 4.06. The zero-order valence-corrected chi connectivity index (χ0v) is 10.2. The fourth-order valence-electron chi connectivity index (χ4n) is 3.15. The lowest BCUT2D eigenvalue weighted by Gasteiger charge is -2.17. The van der Waals surface area contributed by atoms with Crippen molar-refractivity contribution in [2.75, 3.05) is 11.9 Å². The molecule has 1 saturated carbocycles. The Balaban J connectivity index is 1.97. The van der Waals surface area contributed by atoms with Crippen molar-refractivity contribution in [1.82, 2.24) is 0 Å². The van der Waals surface area contributed by atoms with Gasteiger partial charge in [-0.2, -0.15) is 0 Å². The van der Waals surface area contributed by atoms with Crippen LogP contribution in [0.2, 0.25) is 0 Å². The van der Waals surface area contributed by atoms with E-state index in [4.69, 9.17) is 0 Å². The molecule has 1 aliphatic carbocycles. The standard InChI is InChI=1S/C15H19NO/c17-14-8-3-1-2-6-12(14)13-7-4-5-11-9-10-16-15(11)13/h4-5,7,12,16H,1-3,6,8-10H2/t12-/m0/s1. The van der Waals surface area contributed by atoms with E-state index in [0.717, 1.165) is 32.2 Å². The summed E-state index contributed by atoms with van der Waals surface area (Å²) in [5, 5.41) is 3.45. The molecular formula is C15H19NO. The summed E-state index contributed by atoms with van der Waals surface area (Å²) in [6, 6.07) is 6.43. The van der Waals surface area contributed by atoms with E-state index in [-0.39, 0.29) is 5.92 Å². The van der Waals surface area contributed by atoms with Crippen molar-refractivity contribution in [1.29, 1.82) is 0 Å². The van der Waals surface area contributed by atoms with Crippen molar-refractivity contribution in [3.8, 4) is 0 Å². The predicted molar refractivity (Wildman–Crippen MR) is 69.5 cm³/mol. The average Bonchev–Trinajstić information content (AvgIpc) is 2.72. The van der Waals surface area contributed by atoms with Crippen LogP contribution in [-0.4, -0.2) is 12.3 Å². The van der Waals surface area contributed by atoms with Gasteiger partial charge in [0.2, 0.25) is 0 Å². The van der Waals surface area contributed by atoms with Gasteiger partial charge < -0.3 is 5.32 Å². The van der Waals surface area contributed by atoms with Crippen LogP contribution in [0.5, 0.6) is 0 Å². The molecule has 0 bridgehead atoms. The highest BCUT2D eigenvalue weighted by Crippen LogP contribution is 2.37. The highest BCUT2D eigenvalue weighted by molar-refractivity contribution is 5.88. The number of para-hydroxylation sites is 1. The Hall–Kier alpha value is -1.31. The molecule has 1 atom stereocenters. The summed E-state index contributed by atoms with van der Waals surface area (Å²) in [6.45, 7) is 1.02. The normalized spacial score (nSPS) is 24.0. The van der Waals surface area contributed by atoms with E-state index in [1.165, 1.54) is 29.7 Å². The van der Waals surface area contributed by atoms with Crippen LogP contribution < -0.4 is 5.32 Å². The van der Waals surface area contributed by atoms with Gasteiger partial charge in [-0.15, -0.1) is 0 Å². The number of Topliss-reactive ketones (excluding diaryl/α,β-unsaturated/α-hetero) is 1. The molecular weight excluding hydrogens is 210 g/mol. The van der Waals surface area contributed by atoms with Crippen molar-refractivity contribution >= 4 is 11.5 Å². The zero-order chi connectivity index (χ0) is 11.7. The summed E-state index contributed by atoms with van der Waals surface area (Å²) in [6.07, 6.45) is 6.40. The largest absolute Gasteiger partial charge is 0.384 e. The number of fused-ring (bicyclic) bond motifs is 1. The molecule has 0 saturated heterocycles. The van der Waals surface area contributed by atoms with Crippen LogP contribution in [0, 0.1) is 0 Å². The van der Waals surface area contributed by atoms with E-state index in [1.807, 2.05) is 0 Å². The minimum Gasteiger partial charge on any atom is -0.384 e. The van der Waals surface area contributed by atoms with Crippen LogP contribution in [0.25, 0.3) is 0 Å². The van der Waals surface area contributed by atoms with E-state index in [1.54, 1.807) is 0 Å². The molecule has 1 aromatic rings. The van der Waals surface area contributed by atoms with Crippen LogP contribution in [0.4, 0.5) is 5.69 Å². The summed E-state index contributed by atoms with van der Waals surface area (Å²) in [7, 11) is 0. The number of rotatable bonds is 1. The Morgan fingerprint density at radius 1 is 1.12 bits per heavy atom. The fraction of sp³-hybridized carbons (Fsp3) is 0.533. The monoisotopic (exact) mass is 229 g/mol. The first-order chi connectivity index (χ1) is 8.36. The molecule has 1 aliphatic heterocycles. The Morgan fingerprint density at radius 2 is 2.06 bits per heavy atom. The molecule has 0 spiro atoms. The number of hydrogen-bond acceptors (Lipinski definition) is 2. The van der Waals surface area contributed by atoms with Crippen LogP contribution in [0.1, 0.15) is 49.1 Å². The molecule has 0 aromatic heterocycles. The van der Waals surface area contributed by atoms with Crippen LogP contribution >= 0.6 is 0 Å². The van der Waals surface area contributed by atoms with E-state index in [2.05, 4.69) is 23.5 Å². The molecule has 90 valence electrons. The minimum atomic E-state index is 0.151. The van der Waals surface area contributed by atoms with Crippen molar-refractivity contribution in [2.24, 2.45) is 0 Å². The molecule has 0 radical (unpaired) electrons. The van der Waals surface area contributed by atoms with E-state index >= 15 is 0 Å². The lowest BCUT2D eigenvalue weighted by Crippen LogP contribution is -2.12. The van der Waals surface area contributed by atoms with Crippen LogP contribution in [0.3, 0.4) is 0 Å². The predicted octanol–water partition coefficient (Wildman–Crippen LogP) is 3.27. The SMILES string of the molecule is O=C1CCCCC[C@H]1c1cccc2c1NCC2. The van der Waals surface area contributed by atoms with Gasteiger partial charge in [0.15, 0.2) is 0 Å². The minimum absolute atomic E-state index is 0.151. The number of nitrogens with one attached hydrogen (secondary N) is 1. The third kappa shape index (κ3) is 1.97. The van der Waals surface area contributed by atoms with Gasteiger partial charge in [0.05, 0.1) is 0 Å². The van der Waals surface area contributed by atoms with Crippen LogP contribution in [0.15, 0.2) is 18.2 Å². The number of ketones is 1. The number of hydrogen-bond donors (Lipinski definition) is 1. The molecule has 3 rings (SSSR count). The lowest BCUT2D eigenvalue weighted by atomic mass is 9.88. The number of carbonyl (C=O) groups is 1. The molecule has 2 nitrogen and oxygen atoms in total. The first kappa shape index (κ1) is 10.8. The Labute approximate surface area is 102 Å². The third-order valence-electron chi connectivity index (χ3n) is 4.06. The van der Waals surface area contributed by atoms with Gasteiger partial charge in [-0.05, 0) is 30.4 Å². The average molecular weight is 229 g/mol. The number of benzene rings is 1. The summed E-state index contributed by atoms with van der Waals surface area (Å²) in [5.41, 5.74) is 3.90. The summed E-state index contributed by atoms with van der Waals surface area (Å²) in [4.78, 5) is 12.2. The van der Waals surface area contributed by atoms with Crippen molar-refractivity contribution < 1.29 is 4.79 Å². The van der Waals surface area contributed by atoms with Crippen LogP contribution in [-0.2, 0) is 11.2 Å². The second-order valence-electron chi connectivity index (χ2n) is 5.18. The fourth-order valence-corrected chi connectivity index (χ4v) is 3.15. The Morgan fingerprint density at radius 3 is 3.00 bits per heavy atom. The first-order valence-electron chi connectivity index (χ1n) is 6.74. The highest BCUT2D eigenvalue weighted by Gasteiger charge is 2.26. The van der Waals surface area contributed by atoms with Crippen molar-refractivity contribution in [3.63, 3.8) is 0 Å². The zero-order valence-electron chi connectivity index (χ0n) is 10.2. The van der Waals surface area contributed by atoms with Gasteiger partial charge in [0.1, 0.15) is 5.78 Å². The highest BCUT2D eigenvalue weighted by atomic mass is 16.1. The molecule has 17 heavy (non-hydrogen) atoms. The lowest BCUT2D eigenvalue weighted by molar-refractivity contribution is -0.120. The molecule has 1 N–H and O–H groups in total. The quantitative estimate of drug-likeness (QED) is 0.749. The van der Waals surface area contributed by atoms with Gasteiger partial charge in [-0.3, -0.25) is 4.79 Å². The topological polar surface area (TPSA) is 29.1 Å². The maximum absolute atomic E-state index is 12.2. The van der Waals surface area contributed by atoms with Gasteiger partial charge in [-0.1, -0.05) is 31.0 Å². The molecule has 1 aromatic carbocycles. The molecule has 2 aliphatic rings. The Bertz CT molecular complexity index is 439. The summed E-state index contributed by atoms with van der Waals surface area (Å²) < 4.78 is 0.